The molecule has 10 nitrogen and oxygen atoms in total. The van der Waals surface area contributed by atoms with E-state index >= 15 is 0 Å². The molecule has 0 unspecified atom stereocenters. The Bertz CT molecular complexity index is 1190. The van der Waals surface area contributed by atoms with Gasteiger partial charge in [0.1, 0.15) is 10.9 Å². The van der Waals surface area contributed by atoms with Crippen molar-refractivity contribution < 1.29 is 23.9 Å². The number of aromatic nitrogens is 1. The van der Waals surface area contributed by atoms with Gasteiger partial charge in [0.2, 0.25) is 17.7 Å². The lowest BCUT2D eigenvalue weighted by Gasteiger charge is -2.50. The van der Waals surface area contributed by atoms with Gasteiger partial charge < -0.3 is 25.2 Å². The van der Waals surface area contributed by atoms with Crippen LogP contribution < -0.4 is 10.6 Å². The quantitative estimate of drug-likeness (QED) is 0.459. The zero-order chi connectivity index (χ0) is 29.0. The van der Waals surface area contributed by atoms with Crippen LogP contribution in [0.4, 0.5) is 0 Å². The molecule has 3 atom stereocenters. The summed E-state index contributed by atoms with van der Waals surface area (Å²) >= 11 is 1.28. The highest BCUT2D eigenvalue weighted by molar-refractivity contribution is 7.11. The van der Waals surface area contributed by atoms with Crippen molar-refractivity contribution in [2.24, 2.45) is 28.6 Å². The largest absolute Gasteiger partial charge is 0.372 e. The lowest BCUT2D eigenvalue weighted by atomic mass is 9.70. The third-order valence-corrected chi connectivity index (χ3v) is 11.2. The van der Waals surface area contributed by atoms with E-state index in [1.54, 1.807) is 23.7 Å². The van der Waals surface area contributed by atoms with E-state index in [2.05, 4.69) is 29.5 Å². The molecule has 224 valence electrons. The van der Waals surface area contributed by atoms with Crippen LogP contribution >= 0.6 is 11.3 Å². The summed E-state index contributed by atoms with van der Waals surface area (Å²) in [6.07, 6.45) is 9.89. The van der Waals surface area contributed by atoms with Crippen molar-refractivity contribution >= 4 is 35.0 Å². The highest BCUT2D eigenvalue weighted by Crippen LogP contribution is 2.55. The lowest BCUT2D eigenvalue weighted by molar-refractivity contribution is -0.152. The zero-order valence-electron chi connectivity index (χ0n) is 24.4. The Balaban J connectivity index is 1.18. The third kappa shape index (κ3) is 5.40. The molecule has 0 radical (unpaired) electrons. The third-order valence-electron chi connectivity index (χ3n) is 10.4. The first-order valence-corrected chi connectivity index (χ1v) is 16.1. The van der Waals surface area contributed by atoms with Gasteiger partial charge in [-0.3, -0.25) is 24.2 Å². The fourth-order valence-electron chi connectivity index (χ4n) is 7.36. The van der Waals surface area contributed by atoms with Crippen LogP contribution in [-0.2, 0) is 19.1 Å². The van der Waals surface area contributed by atoms with Crippen molar-refractivity contribution in [2.45, 2.75) is 76.9 Å². The van der Waals surface area contributed by atoms with Crippen LogP contribution in [0.15, 0.2) is 11.7 Å². The predicted molar refractivity (Wildman–Crippen MR) is 153 cm³/mol. The van der Waals surface area contributed by atoms with Gasteiger partial charge in [0, 0.05) is 44.6 Å². The fraction of sp³-hybridized carbons (Fsp3) is 0.767. The second kappa shape index (κ2) is 10.6. The van der Waals surface area contributed by atoms with Crippen LogP contribution in [-0.4, -0.2) is 89.9 Å². The maximum Gasteiger partial charge on any atom is 0.265 e. The summed E-state index contributed by atoms with van der Waals surface area (Å²) in [5, 5.41) is 5.81. The van der Waals surface area contributed by atoms with E-state index in [4.69, 9.17) is 4.74 Å². The predicted octanol–water partition coefficient (Wildman–Crippen LogP) is 2.45. The maximum atomic E-state index is 14.0. The second-order valence-corrected chi connectivity index (χ2v) is 14.7. The van der Waals surface area contributed by atoms with E-state index in [9.17, 15) is 19.2 Å². The molecule has 2 aliphatic heterocycles. The molecule has 1 aromatic heterocycles. The molecule has 1 spiro atoms. The molecule has 0 aromatic carbocycles. The van der Waals surface area contributed by atoms with Crippen molar-refractivity contribution in [3.8, 4) is 0 Å². The molecule has 4 amide bonds. The Kier molecular flexibility index (Phi) is 7.41. The van der Waals surface area contributed by atoms with Gasteiger partial charge in [0.25, 0.3) is 5.91 Å². The van der Waals surface area contributed by atoms with Crippen LogP contribution in [0.25, 0.3) is 0 Å². The molecule has 0 bridgehead atoms. The van der Waals surface area contributed by atoms with Crippen molar-refractivity contribution in [1.82, 2.24) is 25.4 Å². The summed E-state index contributed by atoms with van der Waals surface area (Å²) in [4.78, 5) is 61.8. The van der Waals surface area contributed by atoms with Crippen LogP contribution in [0.2, 0.25) is 0 Å². The van der Waals surface area contributed by atoms with Crippen molar-refractivity contribution in [2.75, 3.05) is 39.8 Å². The van der Waals surface area contributed by atoms with Gasteiger partial charge in [0.05, 0.1) is 29.8 Å². The highest BCUT2D eigenvalue weighted by atomic mass is 32.1. The van der Waals surface area contributed by atoms with E-state index in [-0.39, 0.29) is 41.5 Å². The van der Waals surface area contributed by atoms with Gasteiger partial charge in [0.15, 0.2) is 0 Å². The smallest absolute Gasteiger partial charge is 0.265 e. The molecule has 41 heavy (non-hydrogen) atoms. The molecular weight excluding hydrogens is 542 g/mol. The van der Waals surface area contributed by atoms with Gasteiger partial charge in [-0.15, -0.1) is 11.3 Å². The minimum absolute atomic E-state index is 0.0251. The summed E-state index contributed by atoms with van der Waals surface area (Å²) in [5.74, 6) is -0.512. The van der Waals surface area contributed by atoms with Crippen LogP contribution in [0.3, 0.4) is 0 Å². The Morgan fingerprint density at radius 1 is 1.07 bits per heavy atom. The van der Waals surface area contributed by atoms with Gasteiger partial charge in [-0.2, -0.15) is 0 Å². The molecule has 2 saturated heterocycles. The minimum Gasteiger partial charge on any atom is -0.372 e. The number of likely N-dealkylation sites (tertiary alicyclic amines) is 2. The number of carbonyl (C=O) groups excluding carboxylic acids is 4. The van der Waals surface area contributed by atoms with Gasteiger partial charge in [-0.25, -0.2) is 0 Å². The SMILES string of the molecule is CNC(=O)[C@@H](NC(=O)[C@@H]1CN(C(=O)c2cncs2)CC12CN(C(=O)[C@H]1CC1(C)C)C2)C1(OCC2CCCCC2)CC1. The average molecular weight is 586 g/mol. The van der Waals surface area contributed by atoms with E-state index in [1.807, 2.05) is 4.90 Å². The highest BCUT2D eigenvalue weighted by Gasteiger charge is 2.63. The second-order valence-electron chi connectivity index (χ2n) is 13.8. The zero-order valence-corrected chi connectivity index (χ0v) is 25.3. The van der Waals surface area contributed by atoms with E-state index in [1.165, 1.54) is 30.6 Å². The topological polar surface area (TPSA) is 121 Å². The summed E-state index contributed by atoms with van der Waals surface area (Å²) in [6.45, 7) is 6.35. The molecule has 3 heterocycles. The van der Waals surface area contributed by atoms with Crippen molar-refractivity contribution in [3.05, 3.63) is 16.6 Å². The molecule has 5 aliphatic rings. The van der Waals surface area contributed by atoms with E-state index in [0.29, 0.717) is 37.0 Å². The van der Waals surface area contributed by atoms with Crippen molar-refractivity contribution in [1.29, 1.82) is 0 Å². The molecule has 2 N–H and O–H groups in total. The van der Waals surface area contributed by atoms with E-state index in [0.717, 1.165) is 32.1 Å². The molecule has 11 heteroatoms. The van der Waals surface area contributed by atoms with Gasteiger partial charge >= 0.3 is 0 Å². The van der Waals surface area contributed by atoms with Crippen molar-refractivity contribution in [3.63, 3.8) is 0 Å². The maximum absolute atomic E-state index is 14.0. The van der Waals surface area contributed by atoms with Gasteiger partial charge in [-0.1, -0.05) is 33.1 Å². The number of hydrogen-bond acceptors (Lipinski definition) is 7. The fourth-order valence-corrected chi connectivity index (χ4v) is 7.95. The number of carbonyl (C=O) groups is 4. The standard InChI is InChI=1S/C30H43N5O5S/c1-28(2)11-20(28)26(38)35-16-29(17-35)15-34(27(39)22-12-32-18-41-22)13-21(29)24(36)33-23(25(37)31-3)30(9-10-30)40-14-19-7-5-4-6-8-19/h12,18-21,23H,4-11,13-17H2,1-3H3,(H,31,37)(H,33,36)/t20-,21+,23-/m1/s1. The molecule has 6 rings (SSSR count). The molecule has 1 aromatic rings. The summed E-state index contributed by atoms with van der Waals surface area (Å²) in [7, 11) is 1.58. The number of amides is 4. The minimum atomic E-state index is -0.794. The summed E-state index contributed by atoms with van der Waals surface area (Å²) in [5.41, 5.74) is 0.431. The van der Waals surface area contributed by atoms with Crippen LogP contribution in [0.1, 0.15) is 74.9 Å². The van der Waals surface area contributed by atoms with Crippen LogP contribution in [0.5, 0.6) is 0 Å². The molecule has 5 fully saturated rings. The Morgan fingerprint density at radius 3 is 2.34 bits per heavy atom. The Morgan fingerprint density at radius 2 is 1.76 bits per heavy atom. The average Bonchev–Trinajstić information content (AvgIpc) is 3.68. The number of rotatable bonds is 9. The number of likely N-dealkylation sites (N-methyl/N-ethyl adjacent to an activating group) is 1. The first kappa shape index (κ1) is 28.6. The van der Waals surface area contributed by atoms with Crippen LogP contribution in [0, 0.1) is 28.6 Å². The van der Waals surface area contributed by atoms with E-state index < -0.39 is 23.0 Å². The number of hydrogen-bond donors (Lipinski definition) is 2. The number of nitrogens with zero attached hydrogens (tertiary/aromatic N) is 3. The molecule has 3 saturated carbocycles. The lowest BCUT2D eigenvalue weighted by Crippen LogP contribution is -2.65. The normalized spacial score (nSPS) is 28.1. The first-order valence-electron chi connectivity index (χ1n) is 15.2. The molecule has 3 aliphatic carbocycles. The Hall–Kier alpha value is -2.53. The van der Waals surface area contributed by atoms with Gasteiger partial charge in [-0.05, 0) is 43.4 Å². The summed E-state index contributed by atoms with van der Waals surface area (Å²) < 4.78 is 6.43. The summed E-state index contributed by atoms with van der Waals surface area (Å²) in [6, 6.07) is -0.794. The number of ether oxygens (including phenoxy) is 1. The number of nitrogens with one attached hydrogen (secondary N) is 2. The Labute approximate surface area is 245 Å². The number of thiazole rings is 1. The first-order chi connectivity index (χ1) is 19.6. The monoisotopic (exact) mass is 585 g/mol. The molecular formula is C30H43N5O5S.